The SMILES string of the molecule is F[B-](F)(F)F.Oc1ccc(-c2cc(-c3ccccc3)cc(-c3ccccc3)[o+]2)cc1. The lowest BCUT2D eigenvalue weighted by molar-refractivity contribution is 0.368. The van der Waals surface area contributed by atoms with Crippen LogP contribution in [0.3, 0.4) is 0 Å². The molecule has 0 fully saturated rings. The zero-order valence-electron chi connectivity index (χ0n) is 15.7. The van der Waals surface area contributed by atoms with Gasteiger partial charge in [0.25, 0.3) is 0 Å². The van der Waals surface area contributed by atoms with Gasteiger partial charge in [0.2, 0.25) is 0 Å². The van der Waals surface area contributed by atoms with Crippen molar-refractivity contribution in [3.63, 3.8) is 0 Å². The van der Waals surface area contributed by atoms with Gasteiger partial charge in [0.15, 0.2) is 0 Å². The van der Waals surface area contributed by atoms with Gasteiger partial charge in [-0.3, -0.25) is 0 Å². The predicted molar refractivity (Wildman–Crippen MR) is 111 cm³/mol. The van der Waals surface area contributed by atoms with E-state index >= 15 is 0 Å². The normalized spacial score (nSPS) is 10.8. The fourth-order valence-electron chi connectivity index (χ4n) is 2.81. The van der Waals surface area contributed by atoms with Gasteiger partial charge >= 0.3 is 18.8 Å². The van der Waals surface area contributed by atoms with Gasteiger partial charge in [-0.1, -0.05) is 48.5 Å². The second-order valence-electron chi connectivity index (χ2n) is 6.35. The Balaban J connectivity index is 0.000000461. The monoisotopic (exact) mass is 412 g/mol. The summed E-state index contributed by atoms with van der Waals surface area (Å²) >= 11 is 0. The summed E-state index contributed by atoms with van der Waals surface area (Å²) in [6.45, 7) is 0. The highest BCUT2D eigenvalue weighted by atomic mass is 19.5. The van der Waals surface area contributed by atoms with Gasteiger partial charge in [0.1, 0.15) is 5.75 Å². The Morgan fingerprint density at radius 2 is 0.933 bits per heavy atom. The fraction of sp³-hybridized carbons (Fsp3) is 0. The van der Waals surface area contributed by atoms with Gasteiger partial charge in [0, 0.05) is 5.56 Å². The minimum atomic E-state index is -6.00. The molecule has 1 aromatic heterocycles. The van der Waals surface area contributed by atoms with Crippen molar-refractivity contribution in [2.24, 2.45) is 0 Å². The third kappa shape index (κ3) is 6.20. The highest BCUT2D eigenvalue weighted by Crippen LogP contribution is 2.33. The molecule has 0 atom stereocenters. The van der Waals surface area contributed by atoms with Gasteiger partial charge < -0.3 is 22.4 Å². The molecule has 0 saturated carbocycles. The van der Waals surface area contributed by atoms with Crippen molar-refractivity contribution >= 4 is 7.25 Å². The lowest BCUT2D eigenvalue weighted by Crippen LogP contribution is -2.02. The number of aromatic hydroxyl groups is 1. The largest absolute Gasteiger partial charge is 0.673 e. The topological polar surface area (TPSA) is 31.5 Å². The van der Waals surface area contributed by atoms with E-state index in [4.69, 9.17) is 4.42 Å². The first kappa shape index (κ1) is 21.1. The van der Waals surface area contributed by atoms with Crippen LogP contribution < -0.4 is 0 Å². The van der Waals surface area contributed by atoms with Crippen LogP contribution in [0.2, 0.25) is 0 Å². The van der Waals surface area contributed by atoms with Crippen molar-refractivity contribution in [2.75, 3.05) is 0 Å². The third-order valence-corrected chi connectivity index (χ3v) is 4.11. The van der Waals surface area contributed by atoms with Gasteiger partial charge in [-0.15, -0.1) is 0 Å². The number of halogens is 4. The van der Waals surface area contributed by atoms with E-state index in [-0.39, 0.29) is 5.75 Å². The molecule has 0 radical (unpaired) electrons. The van der Waals surface area contributed by atoms with E-state index in [1.54, 1.807) is 12.1 Å². The molecule has 0 unspecified atom stereocenters. The van der Waals surface area contributed by atoms with Crippen LogP contribution in [0.25, 0.3) is 33.8 Å². The van der Waals surface area contributed by atoms with Crippen molar-refractivity contribution in [1.29, 1.82) is 0 Å². The summed E-state index contributed by atoms with van der Waals surface area (Å²) in [4.78, 5) is 0. The van der Waals surface area contributed by atoms with Crippen LogP contribution in [0, 0.1) is 0 Å². The molecular weight excluding hydrogens is 395 g/mol. The number of phenolic OH excluding ortho intramolecular Hbond substituents is 1. The van der Waals surface area contributed by atoms with Gasteiger partial charge in [-0.05, 0) is 42.0 Å². The maximum absolute atomic E-state index is 9.75. The highest BCUT2D eigenvalue weighted by molar-refractivity contribution is 6.50. The number of benzene rings is 3. The van der Waals surface area contributed by atoms with E-state index in [2.05, 4.69) is 18.2 Å². The molecule has 0 aliphatic rings. The number of hydrogen-bond donors (Lipinski definition) is 1. The molecule has 30 heavy (non-hydrogen) atoms. The molecule has 4 aromatic rings. The number of hydrogen-bond acceptors (Lipinski definition) is 1. The average Bonchev–Trinajstić information content (AvgIpc) is 2.74. The quantitative estimate of drug-likeness (QED) is 0.214. The Bertz CT molecular complexity index is 1020. The van der Waals surface area contributed by atoms with E-state index < -0.39 is 7.25 Å². The number of phenols is 1. The van der Waals surface area contributed by atoms with Crippen LogP contribution in [0.1, 0.15) is 0 Å². The second kappa shape index (κ2) is 9.26. The van der Waals surface area contributed by atoms with Gasteiger partial charge in [-0.25, -0.2) is 4.42 Å². The Labute approximate surface area is 171 Å². The molecule has 0 spiro atoms. The molecule has 2 nitrogen and oxygen atoms in total. The Hall–Kier alpha value is -3.61. The van der Waals surface area contributed by atoms with E-state index in [1.807, 2.05) is 66.7 Å². The third-order valence-electron chi connectivity index (χ3n) is 4.11. The molecule has 0 amide bonds. The maximum Gasteiger partial charge on any atom is 0.673 e. The first-order valence-corrected chi connectivity index (χ1v) is 9.05. The Morgan fingerprint density at radius 1 is 0.533 bits per heavy atom. The standard InChI is InChI=1S/C23H16O2.BF4/c24-21-13-11-19(12-14-21)23-16-20(17-7-3-1-4-8-17)15-22(25-23)18-9-5-2-6-10-18;2-1(3,4)5/h1-16H;/q;-1/p+1. The summed E-state index contributed by atoms with van der Waals surface area (Å²) in [5.41, 5.74) is 4.18. The lowest BCUT2D eigenvalue weighted by atomic mass is 10.0. The summed E-state index contributed by atoms with van der Waals surface area (Å²) in [6, 6.07) is 31.5. The molecule has 0 aliphatic heterocycles. The Kier molecular flexibility index (Phi) is 6.52. The van der Waals surface area contributed by atoms with Crippen molar-refractivity contribution in [1.82, 2.24) is 0 Å². The molecule has 0 aliphatic carbocycles. The first-order valence-electron chi connectivity index (χ1n) is 9.05. The van der Waals surface area contributed by atoms with Crippen LogP contribution in [0.4, 0.5) is 17.3 Å². The van der Waals surface area contributed by atoms with Gasteiger partial charge in [0.05, 0.1) is 23.3 Å². The zero-order valence-corrected chi connectivity index (χ0v) is 15.7. The molecule has 1 heterocycles. The van der Waals surface area contributed by atoms with Crippen LogP contribution in [-0.4, -0.2) is 12.4 Å². The average molecular weight is 412 g/mol. The first-order chi connectivity index (χ1) is 14.3. The summed E-state index contributed by atoms with van der Waals surface area (Å²) in [5.74, 6) is 1.82. The predicted octanol–water partition coefficient (Wildman–Crippen LogP) is 7.57. The molecule has 4 rings (SSSR count). The molecular formula is C23H17BF4O2. The van der Waals surface area contributed by atoms with Crippen molar-refractivity contribution in [2.45, 2.75) is 0 Å². The molecule has 1 N–H and O–H groups in total. The second-order valence-corrected chi connectivity index (χ2v) is 6.35. The van der Waals surface area contributed by atoms with Crippen LogP contribution >= 0.6 is 0 Å². The molecule has 3 aromatic carbocycles. The summed E-state index contributed by atoms with van der Waals surface area (Å²) in [7, 11) is -6.00. The van der Waals surface area contributed by atoms with E-state index in [0.717, 1.165) is 33.8 Å². The van der Waals surface area contributed by atoms with Crippen LogP contribution in [0.5, 0.6) is 5.75 Å². The van der Waals surface area contributed by atoms with E-state index in [9.17, 15) is 22.4 Å². The molecule has 7 heteroatoms. The van der Waals surface area contributed by atoms with E-state index in [1.165, 1.54) is 0 Å². The fourth-order valence-corrected chi connectivity index (χ4v) is 2.81. The Morgan fingerprint density at radius 3 is 1.40 bits per heavy atom. The smallest absolute Gasteiger partial charge is 0.508 e. The van der Waals surface area contributed by atoms with E-state index in [0.29, 0.717) is 0 Å². The minimum absolute atomic E-state index is 0.242. The minimum Gasteiger partial charge on any atom is -0.508 e. The zero-order chi connectivity index (χ0) is 21.6. The maximum atomic E-state index is 9.75. The van der Waals surface area contributed by atoms with Gasteiger partial charge in [-0.2, -0.15) is 0 Å². The van der Waals surface area contributed by atoms with Crippen molar-refractivity contribution < 1.29 is 26.8 Å². The molecule has 0 saturated heterocycles. The lowest BCUT2D eigenvalue weighted by Gasteiger charge is -2.02. The summed E-state index contributed by atoms with van der Waals surface area (Å²) in [6.07, 6.45) is 0. The van der Waals surface area contributed by atoms with Crippen molar-refractivity contribution in [3.8, 4) is 39.5 Å². The number of rotatable bonds is 3. The summed E-state index contributed by atoms with van der Waals surface area (Å²) < 4.78 is 45.2. The summed E-state index contributed by atoms with van der Waals surface area (Å²) in [5, 5.41) is 9.54. The van der Waals surface area contributed by atoms with Crippen LogP contribution in [-0.2, 0) is 0 Å². The molecule has 152 valence electrons. The highest BCUT2D eigenvalue weighted by Gasteiger charge is 2.21. The molecule has 0 bridgehead atoms. The van der Waals surface area contributed by atoms with Crippen LogP contribution in [0.15, 0.2) is 101 Å². The van der Waals surface area contributed by atoms with Crippen molar-refractivity contribution in [3.05, 3.63) is 97.1 Å².